The van der Waals surface area contributed by atoms with Gasteiger partial charge in [0.2, 0.25) is 10.0 Å². The molecular formula is C8H19N3O2S. The first-order chi connectivity index (χ1) is 6.53. The molecule has 84 valence electrons. The highest BCUT2D eigenvalue weighted by molar-refractivity contribution is 7.89. The quantitative estimate of drug-likeness (QED) is 0.636. The molecule has 5 nitrogen and oxygen atoms in total. The Morgan fingerprint density at radius 3 is 2.86 bits per heavy atom. The van der Waals surface area contributed by atoms with Gasteiger partial charge in [-0.05, 0) is 26.4 Å². The summed E-state index contributed by atoms with van der Waals surface area (Å²) < 4.78 is 25.5. The molecule has 3 N–H and O–H groups in total. The van der Waals surface area contributed by atoms with Gasteiger partial charge in [-0.25, -0.2) is 13.1 Å². The minimum absolute atomic E-state index is 0.0210. The maximum Gasteiger partial charge on any atom is 0.213 e. The van der Waals surface area contributed by atoms with Crippen LogP contribution in [0.25, 0.3) is 0 Å². The van der Waals surface area contributed by atoms with E-state index in [0.717, 1.165) is 25.9 Å². The van der Waals surface area contributed by atoms with Gasteiger partial charge in [-0.15, -0.1) is 0 Å². The number of rotatable bonds is 4. The maximum atomic E-state index is 11.4. The Bertz CT molecular complexity index is 266. The molecule has 0 bridgehead atoms. The van der Waals surface area contributed by atoms with E-state index >= 15 is 0 Å². The third-order valence-electron chi connectivity index (χ3n) is 2.36. The lowest BCUT2D eigenvalue weighted by atomic mass is 10.1. The lowest BCUT2D eigenvalue weighted by molar-refractivity contribution is 0.242. The van der Waals surface area contributed by atoms with E-state index in [9.17, 15) is 8.42 Å². The minimum atomic E-state index is -3.16. The van der Waals surface area contributed by atoms with Gasteiger partial charge in [-0.1, -0.05) is 0 Å². The molecule has 1 heterocycles. The van der Waals surface area contributed by atoms with Crippen molar-refractivity contribution >= 4 is 10.0 Å². The predicted octanol–water partition coefficient (Wildman–Crippen LogP) is -1.04. The average molecular weight is 221 g/mol. The van der Waals surface area contributed by atoms with Gasteiger partial charge < -0.3 is 10.6 Å². The van der Waals surface area contributed by atoms with Gasteiger partial charge in [0.1, 0.15) is 0 Å². The third-order valence-corrected chi connectivity index (χ3v) is 3.82. The van der Waals surface area contributed by atoms with Crippen molar-refractivity contribution in [2.24, 2.45) is 5.73 Å². The number of sulfonamides is 1. The fourth-order valence-corrected chi connectivity index (χ4v) is 2.86. The number of piperidine rings is 1. The second-order valence-electron chi connectivity index (χ2n) is 3.83. The smallest absolute Gasteiger partial charge is 0.213 e. The summed E-state index contributed by atoms with van der Waals surface area (Å²) in [6, 6.07) is 0.0605. The zero-order chi connectivity index (χ0) is 10.6. The fraction of sp³-hybridized carbons (Fsp3) is 1.00. The third kappa shape index (κ3) is 3.91. The molecule has 0 amide bonds. The number of nitrogens with one attached hydrogen (secondary N) is 1. The predicted molar refractivity (Wildman–Crippen MR) is 56.5 cm³/mol. The molecule has 0 radical (unpaired) electrons. The highest BCUT2D eigenvalue weighted by Gasteiger charge is 2.21. The summed E-state index contributed by atoms with van der Waals surface area (Å²) in [6.07, 6.45) is 1.97. The molecule has 1 aliphatic heterocycles. The molecule has 0 aromatic heterocycles. The average Bonchev–Trinajstić information content (AvgIpc) is 2.02. The van der Waals surface area contributed by atoms with Crippen LogP contribution in [-0.4, -0.2) is 51.8 Å². The van der Waals surface area contributed by atoms with Crippen LogP contribution in [0.2, 0.25) is 0 Å². The van der Waals surface area contributed by atoms with Crippen molar-refractivity contribution in [3.63, 3.8) is 0 Å². The second kappa shape index (κ2) is 5.06. The van der Waals surface area contributed by atoms with Crippen LogP contribution < -0.4 is 10.5 Å². The Kier molecular flexibility index (Phi) is 4.31. The lowest BCUT2D eigenvalue weighted by Gasteiger charge is -2.29. The van der Waals surface area contributed by atoms with Crippen LogP contribution in [0.15, 0.2) is 0 Å². The van der Waals surface area contributed by atoms with Gasteiger partial charge in [-0.2, -0.15) is 0 Å². The van der Waals surface area contributed by atoms with Crippen molar-refractivity contribution in [3.05, 3.63) is 0 Å². The number of hydrogen-bond donors (Lipinski definition) is 2. The molecule has 0 spiro atoms. The van der Waals surface area contributed by atoms with Crippen LogP contribution in [0.3, 0.4) is 0 Å². The van der Waals surface area contributed by atoms with Crippen molar-refractivity contribution in [3.8, 4) is 0 Å². The Morgan fingerprint density at radius 2 is 2.29 bits per heavy atom. The van der Waals surface area contributed by atoms with E-state index in [1.807, 2.05) is 7.05 Å². The van der Waals surface area contributed by atoms with Crippen LogP contribution in [0, 0.1) is 0 Å². The van der Waals surface area contributed by atoms with Gasteiger partial charge >= 0.3 is 0 Å². The van der Waals surface area contributed by atoms with Crippen LogP contribution in [-0.2, 0) is 10.0 Å². The van der Waals surface area contributed by atoms with Gasteiger partial charge in [0.25, 0.3) is 0 Å². The zero-order valence-electron chi connectivity index (χ0n) is 8.57. The molecule has 1 rings (SSSR count). The van der Waals surface area contributed by atoms with E-state index in [0.29, 0.717) is 0 Å². The summed E-state index contributed by atoms with van der Waals surface area (Å²) in [5, 5.41) is 0. The lowest BCUT2D eigenvalue weighted by Crippen LogP contribution is -2.47. The number of likely N-dealkylation sites (tertiary alicyclic amines) is 1. The van der Waals surface area contributed by atoms with E-state index < -0.39 is 10.0 Å². The molecule has 1 saturated heterocycles. The van der Waals surface area contributed by atoms with Crippen LogP contribution in [0.4, 0.5) is 0 Å². The monoisotopic (exact) mass is 221 g/mol. The molecule has 6 heteroatoms. The summed E-state index contributed by atoms with van der Waals surface area (Å²) >= 11 is 0. The summed E-state index contributed by atoms with van der Waals surface area (Å²) in [5.41, 5.74) is 5.22. The summed E-state index contributed by atoms with van der Waals surface area (Å²) in [7, 11) is -1.15. The van der Waals surface area contributed by atoms with Crippen molar-refractivity contribution < 1.29 is 8.42 Å². The first-order valence-corrected chi connectivity index (χ1v) is 6.57. The zero-order valence-corrected chi connectivity index (χ0v) is 9.39. The minimum Gasteiger partial charge on any atom is -0.329 e. The topological polar surface area (TPSA) is 75.4 Å². The Morgan fingerprint density at radius 1 is 1.57 bits per heavy atom. The Hall–Kier alpha value is -0.170. The standard InChI is InChI=1S/C8H19N3O2S/c1-11-5-2-3-8(7-11)10-14(12,13)6-4-9/h8,10H,2-7,9H2,1H3. The number of likely N-dealkylation sites (N-methyl/N-ethyl adjacent to an activating group) is 1. The molecule has 1 aliphatic rings. The van der Waals surface area contributed by atoms with Crippen molar-refractivity contribution in [1.82, 2.24) is 9.62 Å². The van der Waals surface area contributed by atoms with Gasteiger partial charge in [0, 0.05) is 19.1 Å². The van der Waals surface area contributed by atoms with E-state index in [4.69, 9.17) is 5.73 Å². The first-order valence-electron chi connectivity index (χ1n) is 4.92. The fourth-order valence-electron chi connectivity index (χ4n) is 1.73. The maximum absolute atomic E-state index is 11.4. The molecule has 0 aliphatic carbocycles. The van der Waals surface area contributed by atoms with Crippen molar-refractivity contribution in [1.29, 1.82) is 0 Å². The summed E-state index contributed by atoms with van der Waals surface area (Å²) in [4.78, 5) is 2.14. The second-order valence-corrected chi connectivity index (χ2v) is 5.70. The first kappa shape index (κ1) is 11.9. The largest absolute Gasteiger partial charge is 0.329 e. The van der Waals surface area contributed by atoms with Crippen LogP contribution >= 0.6 is 0 Å². The molecule has 0 aromatic rings. The Balaban J connectivity index is 2.43. The summed E-state index contributed by atoms with van der Waals surface area (Å²) in [6.45, 7) is 2.02. The van der Waals surface area contributed by atoms with Crippen LogP contribution in [0.5, 0.6) is 0 Å². The summed E-state index contributed by atoms with van der Waals surface area (Å²) in [5.74, 6) is 0.0210. The molecule has 1 unspecified atom stereocenters. The Labute approximate surface area is 85.7 Å². The van der Waals surface area contributed by atoms with Gasteiger partial charge in [0.15, 0.2) is 0 Å². The van der Waals surface area contributed by atoms with E-state index in [-0.39, 0.29) is 18.3 Å². The van der Waals surface area contributed by atoms with Gasteiger partial charge in [0.05, 0.1) is 5.75 Å². The van der Waals surface area contributed by atoms with Crippen LogP contribution in [0.1, 0.15) is 12.8 Å². The normalized spacial score (nSPS) is 25.1. The molecule has 14 heavy (non-hydrogen) atoms. The molecule has 0 aromatic carbocycles. The number of nitrogens with two attached hydrogens (primary N) is 1. The van der Waals surface area contributed by atoms with E-state index in [1.165, 1.54) is 0 Å². The van der Waals surface area contributed by atoms with Gasteiger partial charge in [-0.3, -0.25) is 0 Å². The van der Waals surface area contributed by atoms with Crippen molar-refractivity contribution in [2.45, 2.75) is 18.9 Å². The van der Waals surface area contributed by atoms with E-state index in [1.54, 1.807) is 0 Å². The highest BCUT2D eigenvalue weighted by atomic mass is 32.2. The molecule has 1 atom stereocenters. The molecular weight excluding hydrogens is 202 g/mol. The molecule has 1 fully saturated rings. The molecule has 0 saturated carbocycles. The number of hydrogen-bond acceptors (Lipinski definition) is 4. The number of nitrogens with zero attached hydrogens (tertiary/aromatic N) is 1. The SMILES string of the molecule is CN1CCCC(NS(=O)(=O)CCN)C1. The highest BCUT2D eigenvalue weighted by Crippen LogP contribution is 2.08. The van der Waals surface area contributed by atoms with E-state index in [2.05, 4.69) is 9.62 Å². The van der Waals surface area contributed by atoms with Crippen molar-refractivity contribution in [2.75, 3.05) is 32.4 Å².